The Morgan fingerprint density at radius 3 is 2.51 bits per heavy atom. The van der Waals surface area contributed by atoms with Gasteiger partial charge in [-0.1, -0.05) is 38.3 Å². The second-order valence-electron chi connectivity index (χ2n) is 9.66. The third-order valence-electron chi connectivity index (χ3n) is 5.79. The van der Waals surface area contributed by atoms with E-state index in [9.17, 15) is 23.1 Å². The van der Waals surface area contributed by atoms with Crippen LogP contribution in [0.15, 0.2) is 35.1 Å². The summed E-state index contributed by atoms with van der Waals surface area (Å²) in [5, 5.41) is 10.3. The Hall–Kier alpha value is -3.39. The highest BCUT2D eigenvalue weighted by molar-refractivity contribution is 7.85. The number of benzene rings is 2. The number of hydrogen-bond acceptors (Lipinski definition) is 7. The summed E-state index contributed by atoms with van der Waals surface area (Å²) in [7, 11) is -2.24. The Balaban J connectivity index is 2.06. The van der Waals surface area contributed by atoms with Crippen molar-refractivity contribution in [1.29, 1.82) is 0 Å². The molecule has 0 aliphatic rings. The summed E-state index contributed by atoms with van der Waals surface area (Å²) in [5.41, 5.74) is 1.68. The van der Waals surface area contributed by atoms with Gasteiger partial charge in [0.15, 0.2) is 0 Å². The van der Waals surface area contributed by atoms with E-state index < -0.39 is 28.1 Å². The first-order valence-corrected chi connectivity index (χ1v) is 13.4. The normalized spacial score (nSPS) is 11.9. The summed E-state index contributed by atoms with van der Waals surface area (Å²) >= 11 is 6.57. The highest BCUT2D eigenvalue weighted by atomic mass is 35.5. The summed E-state index contributed by atoms with van der Waals surface area (Å²) in [5.74, 6) is 1.74. The molecule has 11 heteroatoms. The standard InChI is InChI=1S/C26H28ClN3O6S/c1-7-10-30(17-8-9-18(25(32)33)20(12-17)26(2,3)4)14-16-11-19-22(13-21(16)27)28-23(29(5)24(19)31)15-36-37(6,34)35/h1,8-9,11-13H,10,14-15H2,2-6H3,(H,32,33). The molecule has 3 rings (SSSR count). The Kier molecular flexibility index (Phi) is 8.03. The monoisotopic (exact) mass is 545 g/mol. The lowest BCUT2D eigenvalue weighted by Crippen LogP contribution is -2.26. The van der Waals surface area contributed by atoms with Gasteiger partial charge in [0.1, 0.15) is 12.4 Å². The number of fused-ring (bicyclic) bond motifs is 1. The minimum atomic E-state index is -3.72. The fourth-order valence-electron chi connectivity index (χ4n) is 3.88. The van der Waals surface area contributed by atoms with Crippen molar-refractivity contribution in [3.63, 3.8) is 0 Å². The fraction of sp³-hybridized carbons (Fsp3) is 0.346. The van der Waals surface area contributed by atoms with Gasteiger partial charge in [0.25, 0.3) is 15.7 Å². The lowest BCUT2D eigenvalue weighted by atomic mass is 9.83. The van der Waals surface area contributed by atoms with Crippen LogP contribution in [0.4, 0.5) is 5.69 Å². The molecule has 9 nitrogen and oxygen atoms in total. The number of nitrogens with zero attached hydrogens (tertiary/aromatic N) is 3. The van der Waals surface area contributed by atoms with E-state index in [4.69, 9.17) is 22.2 Å². The van der Waals surface area contributed by atoms with E-state index in [0.717, 1.165) is 6.26 Å². The molecule has 0 saturated carbocycles. The number of aromatic nitrogens is 2. The van der Waals surface area contributed by atoms with Crippen LogP contribution < -0.4 is 10.5 Å². The second-order valence-corrected chi connectivity index (χ2v) is 11.7. The van der Waals surface area contributed by atoms with E-state index in [1.165, 1.54) is 11.6 Å². The van der Waals surface area contributed by atoms with Gasteiger partial charge in [-0.05, 0) is 46.9 Å². The van der Waals surface area contributed by atoms with Crippen molar-refractivity contribution in [2.75, 3.05) is 17.7 Å². The molecule has 0 bridgehead atoms. The predicted molar refractivity (Wildman–Crippen MR) is 144 cm³/mol. The van der Waals surface area contributed by atoms with E-state index in [1.807, 2.05) is 31.7 Å². The van der Waals surface area contributed by atoms with Gasteiger partial charge >= 0.3 is 5.97 Å². The van der Waals surface area contributed by atoms with Crippen LogP contribution in [0.25, 0.3) is 10.9 Å². The van der Waals surface area contributed by atoms with Crippen LogP contribution in [-0.2, 0) is 39.9 Å². The van der Waals surface area contributed by atoms with Gasteiger partial charge in [-0.3, -0.25) is 13.5 Å². The highest BCUT2D eigenvalue weighted by Gasteiger charge is 2.23. The molecule has 37 heavy (non-hydrogen) atoms. The molecule has 2 aromatic carbocycles. The first kappa shape index (κ1) is 28.2. The largest absolute Gasteiger partial charge is 0.478 e. The molecule has 0 aliphatic carbocycles. The van der Waals surface area contributed by atoms with Gasteiger partial charge in [0.2, 0.25) is 0 Å². The van der Waals surface area contributed by atoms with Crippen molar-refractivity contribution in [2.45, 2.75) is 39.3 Å². The van der Waals surface area contributed by atoms with Crippen molar-refractivity contribution in [1.82, 2.24) is 9.55 Å². The molecule has 3 aromatic rings. The fourth-order valence-corrected chi connectivity index (χ4v) is 4.42. The molecule has 0 atom stereocenters. The van der Waals surface area contributed by atoms with Crippen LogP contribution in [0.1, 0.15) is 48.1 Å². The van der Waals surface area contributed by atoms with Crippen LogP contribution in [0.2, 0.25) is 5.02 Å². The first-order chi connectivity index (χ1) is 17.1. The molecule has 0 fully saturated rings. The molecule has 0 unspecified atom stereocenters. The van der Waals surface area contributed by atoms with Crippen LogP contribution in [0.5, 0.6) is 0 Å². The molecular weight excluding hydrogens is 518 g/mol. The van der Waals surface area contributed by atoms with E-state index >= 15 is 0 Å². The Bertz CT molecular complexity index is 1580. The van der Waals surface area contributed by atoms with Crippen molar-refractivity contribution < 1.29 is 22.5 Å². The van der Waals surface area contributed by atoms with Gasteiger partial charge in [-0.2, -0.15) is 8.42 Å². The number of hydrogen-bond donors (Lipinski definition) is 1. The number of terminal acetylenes is 1. The molecule has 0 spiro atoms. The average Bonchev–Trinajstić information content (AvgIpc) is 2.79. The number of carbonyl (C=O) groups is 1. The first-order valence-electron chi connectivity index (χ1n) is 11.2. The third kappa shape index (κ3) is 6.49. The molecule has 1 aromatic heterocycles. The lowest BCUT2D eigenvalue weighted by Gasteiger charge is -2.27. The molecule has 0 amide bonds. The van der Waals surface area contributed by atoms with Crippen molar-refractivity contribution >= 4 is 44.3 Å². The van der Waals surface area contributed by atoms with E-state index in [0.29, 0.717) is 32.7 Å². The molecule has 0 saturated heterocycles. The van der Waals surface area contributed by atoms with Gasteiger partial charge in [0.05, 0.1) is 29.3 Å². The minimum absolute atomic E-state index is 0.133. The van der Waals surface area contributed by atoms with Crippen LogP contribution in [-0.4, -0.2) is 41.8 Å². The van der Waals surface area contributed by atoms with Gasteiger partial charge in [0, 0.05) is 24.3 Å². The van der Waals surface area contributed by atoms with Crippen molar-refractivity contribution in [2.24, 2.45) is 7.05 Å². The maximum Gasteiger partial charge on any atom is 0.335 e. The van der Waals surface area contributed by atoms with Crippen LogP contribution >= 0.6 is 11.6 Å². The van der Waals surface area contributed by atoms with Crippen LogP contribution in [0.3, 0.4) is 0 Å². The maximum atomic E-state index is 13.0. The zero-order chi connectivity index (χ0) is 27.7. The molecule has 1 N–H and O–H groups in total. The Morgan fingerprint density at radius 1 is 1.27 bits per heavy atom. The van der Waals surface area contributed by atoms with Crippen molar-refractivity contribution in [3.8, 4) is 12.3 Å². The summed E-state index contributed by atoms with van der Waals surface area (Å²) in [6.07, 6.45) is 6.55. The van der Waals surface area contributed by atoms with Crippen LogP contribution in [0, 0.1) is 12.3 Å². The smallest absolute Gasteiger partial charge is 0.335 e. The molecular formula is C26H28ClN3O6S. The SMILES string of the molecule is C#CCN(Cc1cc2c(=O)n(C)c(COS(C)(=O)=O)nc2cc1Cl)c1ccc(C(=O)O)c(C(C)(C)C)c1. The minimum Gasteiger partial charge on any atom is -0.478 e. The zero-order valence-electron chi connectivity index (χ0n) is 21.2. The van der Waals surface area contributed by atoms with E-state index in [2.05, 4.69) is 10.9 Å². The average molecular weight is 546 g/mol. The molecule has 0 radical (unpaired) electrons. The summed E-state index contributed by atoms with van der Waals surface area (Å²) in [6.45, 7) is 5.87. The predicted octanol–water partition coefficient (Wildman–Crippen LogP) is 3.70. The summed E-state index contributed by atoms with van der Waals surface area (Å²) in [6, 6.07) is 8.24. The number of rotatable bonds is 8. The summed E-state index contributed by atoms with van der Waals surface area (Å²) < 4.78 is 28.7. The second kappa shape index (κ2) is 10.5. The Morgan fingerprint density at radius 2 is 1.95 bits per heavy atom. The van der Waals surface area contributed by atoms with Gasteiger partial charge in [-0.25, -0.2) is 9.78 Å². The zero-order valence-corrected chi connectivity index (χ0v) is 22.8. The van der Waals surface area contributed by atoms with Gasteiger partial charge in [-0.15, -0.1) is 6.42 Å². The number of carboxylic acids is 1. The third-order valence-corrected chi connectivity index (χ3v) is 6.69. The number of aromatic carboxylic acids is 1. The lowest BCUT2D eigenvalue weighted by molar-refractivity contribution is 0.0694. The van der Waals surface area contributed by atoms with E-state index in [1.54, 1.807) is 24.3 Å². The molecule has 1 heterocycles. The topological polar surface area (TPSA) is 119 Å². The number of carboxylic acid groups (broad SMARTS) is 1. The quantitative estimate of drug-likeness (QED) is 0.336. The summed E-state index contributed by atoms with van der Waals surface area (Å²) in [4.78, 5) is 31.0. The Labute approximate surface area is 220 Å². The molecule has 0 aliphatic heterocycles. The highest BCUT2D eigenvalue weighted by Crippen LogP contribution is 2.32. The maximum absolute atomic E-state index is 13.0. The molecule has 196 valence electrons. The van der Waals surface area contributed by atoms with Gasteiger partial charge < -0.3 is 10.0 Å². The number of halogens is 1. The van der Waals surface area contributed by atoms with E-state index in [-0.39, 0.29) is 30.0 Å². The van der Waals surface area contributed by atoms with Crippen molar-refractivity contribution in [3.05, 3.63) is 68.2 Å². The number of anilines is 1.